The van der Waals surface area contributed by atoms with Gasteiger partial charge < -0.3 is 15.5 Å². The van der Waals surface area contributed by atoms with Gasteiger partial charge in [-0.05, 0) is 60.9 Å². The van der Waals surface area contributed by atoms with Crippen LogP contribution in [-0.4, -0.2) is 68.2 Å². The highest BCUT2D eigenvalue weighted by molar-refractivity contribution is 6.04. The Bertz CT molecular complexity index is 1470. The summed E-state index contributed by atoms with van der Waals surface area (Å²) in [6.45, 7) is 7.80. The lowest BCUT2D eigenvalue weighted by molar-refractivity contribution is 0.357. The van der Waals surface area contributed by atoms with Gasteiger partial charge in [0.05, 0.1) is 24.6 Å². The van der Waals surface area contributed by atoms with Crippen molar-refractivity contribution in [1.82, 2.24) is 34.8 Å². The zero-order chi connectivity index (χ0) is 25.2. The summed E-state index contributed by atoms with van der Waals surface area (Å²) in [5.41, 5.74) is 4.54. The van der Waals surface area contributed by atoms with E-state index in [2.05, 4.69) is 47.3 Å². The Morgan fingerprint density at radius 1 is 1.19 bits per heavy atom. The van der Waals surface area contributed by atoms with E-state index in [1.54, 1.807) is 18.5 Å². The van der Waals surface area contributed by atoms with Crippen LogP contribution in [0.2, 0.25) is 0 Å². The standard InChI is InChI=1S/C26H27FN10/c1-28-21-15-30-14-20(18-2-3-18)24(21)25(36-10-8-29-9-11-36)32-13-17-6-7-31-22(12-17)33-26-34-23-5-4-19(27)16-37(23)35-26/h4-7,12,14-16,18,29H,1-3,8-11,13H2,(H,31,33,35)/b32-25+. The SMILES string of the molecule is C=Nc1cncc(C2CC2)c1/C(=N\Cc1ccnc(Nc2nc3ccc(F)cn3n2)c1)N1CCNCC1. The van der Waals surface area contributed by atoms with Gasteiger partial charge in [-0.25, -0.2) is 13.9 Å². The topological polar surface area (TPSA) is 108 Å². The van der Waals surface area contributed by atoms with Crippen LogP contribution in [0.4, 0.5) is 21.8 Å². The summed E-state index contributed by atoms with van der Waals surface area (Å²) >= 11 is 0. The fourth-order valence-electron chi connectivity index (χ4n) is 4.58. The fraction of sp³-hybridized carbons (Fsp3) is 0.308. The van der Waals surface area contributed by atoms with Gasteiger partial charge in [-0.3, -0.25) is 15.0 Å². The molecule has 0 spiro atoms. The van der Waals surface area contributed by atoms with Crippen molar-refractivity contribution in [2.24, 2.45) is 9.98 Å². The second-order valence-electron chi connectivity index (χ2n) is 9.19. The maximum absolute atomic E-state index is 13.5. The molecule has 188 valence electrons. The molecule has 4 aromatic heterocycles. The number of amidine groups is 1. The van der Waals surface area contributed by atoms with E-state index in [1.807, 2.05) is 18.3 Å². The first-order chi connectivity index (χ1) is 18.2. The van der Waals surface area contributed by atoms with Crippen molar-refractivity contribution in [3.8, 4) is 0 Å². The highest BCUT2D eigenvalue weighted by atomic mass is 19.1. The second kappa shape index (κ2) is 10.0. The zero-order valence-electron chi connectivity index (χ0n) is 20.3. The van der Waals surface area contributed by atoms with Crippen molar-refractivity contribution in [3.05, 3.63) is 71.6 Å². The minimum absolute atomic E-state index is 0.341. The maximum Gasteiger partial charge on any atom is 0.248 e. The van der Waals surface area contributed by atoms with Crippen LogP contribution < -0.4 is 10.6 Å². The summed E-state index contributed by atoms with van der Waals surface area (Å²) in [5, 5.41) is 10.8. The predicted octanol–water partition coefficient (Wildman–Crippen LogP) is 3.46. The van der Waals surface area contributed by atoms with Gasteiger partial charge in [0.25, 0.3) is 0 Å². The minimum Gasteiger partial charge on any atom is -0.354 e. The summed E-state index contributed by atoms with van der Waals surface area (Å²) in [6, 6.07) is 6.79. The van der Waals surface area contributed by atoms with Crippen LogP contribution in [-0.2, 0) is 6.54 Å². The number of rotatable bonds is 7. The molecule has 1 aliphatic heterocycles. The third-order valence-corrected chi connectivity index (χ3v) is 6.55. The van der Waals surface area contributed by atoms with Crippen LogP contribution in [0.3, 0.4) is 0 Å². The maximum atomic E-state index is 13.5. The van der Waals surface area contributed by atoms with Crippen LogP contribution in [0.15, 0.2) is 59.0 Å². The van der Waals surface area contributed by atoms with E-state index >= 15 is 0 Å². The molecule has 4 aromatic rings. The summed E-state index contributed by atoms with van der Waals surface area (Å²) in [5.74, 6) is 1.98. The quantitative estimate of drug-likeness (QED) is 0.297. The van der Waals surface area contributed by atoms with Crippen LogP contribution in [0, 0.1) is 5.82 Å². The Kier molecular flexibility index (Phi) is 6.27. The summed E-state index contributed by atoms with van der Waals surface area (Å²) in [6.07, 6.45) is 9.06. The normalized spacial score (nSPS) is 16.2. The molecule has 0 radical (unpaired) electrons. The van der Waals surface area contributed by atoms with E-state index in [1.165, 1.54) is 22.3 Å². The van der Waals surface area contributed by atoms with Crippen molar-refractivity contribution in [2.75, 3.05) is 31.5 Å². The Morgan fingerprint density at radius 2 is 2.05 bits per heavy atom. The first kappa shape index (κ1) is 23.2. The van der Waals surface area contributed by atoms with Crippen molar-refractivity contribution in [1.29, 1.82) is 0 Å². The average Bonchev–Trinajstić information content (AvgIpc) is 3.70. The molecule has 1 saturated heterocycles. The molecular formula is C26H27FN10. The molecule has 2 N–H and O–H groups in total. The lowest BCUT2D eigenvalue weighted by atomic mass is 10.0. The number of aromatic nitrogens is 5. The van der Waals surface area contributed by atoms with E-state index in [4.69, 9.17) is 4.99 Å². The fourth-order valence-corrected chi connectivity index (χ4v) is 4.58. The van der Waals surface area contributed by atoms with Gasteiger partial charge in [0.15, 0.2) is 5.65 Å². The molecule has 0 aromatic carbocycles. The number of pyridine rings is 3. The Morgan fingerprint density at radius 3 is 2.86 bits per heavy atom. The first-order valence-corrected chi connectivity index (χ1v) is 12.4. The number of nitrogens with one attached hydrogen (secondary N) is 2. The number of piperazine rings is 1. The molecule has 1 saturated carbocycles. The number of hydrogen-bond acceptors (Lipinski definition) is 8. The van der Waals surface area contributed by atoms with Gasteiger partial charge in [-0.2, -0.15) is 4.98 Å². The van der Waals surface area contributed by atoms with Crippen molar-refractivity contribution >= 4 is 35.7 Å². The number of halogens is 1. The summed E-state index contributed by atoms with van der Waals surface area (Å²) < 4.78 is 14.9. The van der Waals surface area contributed by atoms with E-state index < -0.39 is 0 Å². The van der Waals surface area contributed by atoms with E-state index in [9.17, 15) is 4.39 Å². The molecule has 0 unspecified atom stereocenters. The van der Waals surface area contributed by atoms with E-state index in [0.29, 0.717) is 29.9 Å². The number of anilines is 2. The molecule has 0 bridgehead atoms. The molecule has 10 nitrogen and oxygen atoms in total. The number of fused-ring (bicyclic) bond motifs is 1. The molecule has 2 fully saturated rings. The van der Waals surface area contributed by atoms with Crippen LogP contribution in [0.25, 0.3) is 5.65 Å². The van der Waals surface area contributed by atoms with E-state index in [-0.39, 0.29) is 5.82 Å². The number of hydrogen-bond donors (Lipinski definition) is 2. The highest BCUT2D eigenvalue weighted by Crippen LogP contribution is 2.43. The van der Waals surface area contributed by atoms with Crippen LogP contribution in [0.5, 0.6) is 0 Å². The molecule has 1 aliphatic carbocycles. The van der Waals surface area contributed by atoms with Crippen molar-refractivity contribution in [3.63, 3.8) is 0 Å². The van der Waals surface area contributed by atoms with Crippen molar-refractivity contribution in [2.45, 2.75) is 25.3 Å². The monoisotopic (exact) mass is 498 g/mol. The lowest BCUT2D eigenvalue weighted by Gasteiger charge is -2.32. The third kappa shape index (κ3) is 5.03. The molecular weight excluding hydrogens is 471 g/mol. The summed E-state index contributed by atoms with van der Waals surface area (Å²) in [4.78, 5) is 25.0. The molecule has 11 heteroatoms. The largest absolute Gasteiger partial charge is 0.354 e. The summed E-state index contributed by atoms with van der Waals surface area (Å²) in [7, 11) is 0. The number of aliphatic imine (C=N–C) groups is 2. The van der Waals surface area contributed by atoms with Crippen molar-refractivity contribution < 1.29 is 4.39 Å². The Hall–Kier alpha value is -4.25. The Balaban J connectivity index is 1.30. The molecule has 2 aliphatic rings. The molecule has 0 atom stereocenters. The highest BCUT2D eigenvalue weighted by Gasteiger charge is 2.31. The van der Waals surface area contributed by atoms with Gasteiger partial charge >= 0.3 is 0 Å². The van der Waals surface area contributed by atoms with Gasteiger partial charge in [0.1, 0.15) is 17.5 Å². The average molecular weight is 499 g/mol. The molecule has 6 rings (SSSR count). The number of nitrogens with zero attached hydrogens (tertiary/aromatic N) is 8. The van der Waals surface area contributed by atoms with Gasteiger partial charge in [-0.1, -0.05) is 0 Å². The van der Waals surface area contributed by atoms with Gasteiger partial charge in [0, 0.05) is 44.1 Å². The van der Waals surface area contributed by atoms with Gasteiger partial charge in [0.2, 0.25) is 5.95 Å². The second-order valence-corrected chi connectivity index (χ2v) is 9.19. The lowest BCUT2D eigenvalue weighted by Crippen LogP contribution is -2.47. The first-order valence-electron chi connectivity index (χ1n) is 12.4. The Labute approximate surface area is 213 Å². The molecule has 0 amide bonds. The molecule has 37 heavy (non-hydrogen) atoms. The van der Waals surface area contributed by atoms with Crippen LogP contribution >= 0.6 is 0 Å². The zero-order valence-corrected chi connectivity index (χ0v) is 20.3. The predicted molar refractivity (Wildman–Crippen MR) is 141 cm³/mol. The third-order valence-electron chi connectivity index (χ3n) is 6.55. The van der Waals surface area contributed by atoms with E-state index in [0.717, 1.165) is 61.7 Å². The minimum atomic E-state index is -0.379. The van der Waals surface area contributed by atoms with Gasteiger partial charge in [-0.15, -0.1) is 5.10 Å². The smallest absolute Gasteiger partial charge is 0.248 e. The molecule has 5 heterocycles. The van der Waals surface area contributed by atoms with Crippen LogP contribution in [0.1, 0.15) is 35.4 Å².